The van der Waals surface area contributed by atoms with Gasteiger partial charge in [0.1, 0.15) is 17.1 Å². The fourth-order valence-corrected chi connectivity index (χ4v) is 6.59. The number of H-pyrrole nitrogens is 1. The zero-order valence-electron chi connectivity index (χ0n) is 20.7. The lowest BCUT2D eigenvalue weighted by atomic mass is 9.86. The van der Waals surface area contributed by atoms with Crippen LogP contribution in [0.4, 0.5) is 9.18 Å². The van der Waals surface area contributed by atoms with E-state index in [-0.39, 0.29) is 61.2 Å². The quantitative estimate of drug-likeness (QED) is 0.513. The number of sulfonamides is 1. The molecule has 2 aliphatic rings. The molecule has 4 rings (SSSR count). The predicted octanol–water partition coefficient (Wildman–Crippen LogP) is 2.79. The molecule has 1 amide bonds. The number of carbonyl (C=O) groups excluding carboxylic acids is 2. The average molecular weight is 558 g/mol. The van der Waals surface area contributed by atoms with E-state index in [1.165, 1.54) is 28.4 Å². The number of hydrogen-bond acceptors (Lipinski definition) is 8. The van der Waals surface area contributed by atoms with Gasteiger partial charge in [-0.3, -0.25) is 4.79 Å². The maximum atomic E-state index is 13.2. The largest absolute Gasteiger partial charge is 0.508 e. The number of pyridine rings is 1. The molecule has 2 saturated heterocycles. The van der Waals surface area contributed by atoms with Crippen LogP contribution < -0.4 is 0 Å². The van der Waals surface area contributed by atoms with E-state index in [2.05, 4.69) is 19.7 Å². The first-order valence-corrected chi connectivity index (χ1v) is 13.8. The number of likely N-dealkylation sites (tertiary alicyclic amines) is 1. The van der Waals surface area contributed by atoms with E-state index in [1.54, 1.807) is 6.92 Å². The zero-order valence-corrected chi connectivity index (χ0v) is 22.3. The summed E-state index contributed by atoms with van der Waals surface area (Å²) in [5.41, 5.74) is 0.309. The molecule has 4 heterocycles. The van der Waals surface area contributed by atoms with Gasteiger partial charge in [-0.05, 0) is 31.4 Å². The predicted molar refractivity (Wildman–Crippen MR) is 132 cm³/mol. The van der Waals surface area contributed by atoms with Gasteiger partial charge in [0.05, 0.1) is 37.8 Å². The molecule has 0 aliphatic carbocycles. The Morgan fingerprint density at radius 3 is 2.68 bits per heavy atom. The second-order valence-corrected chi connectivity index (χ2v) is 12.2. The highest BCUT2D eigenvalue weighted by atomic mass is 35.5. The minimum Gasteiger partial charge on any atom is -0.438 e. The molecule has 1 N–H and O–H groups in total. The van der Waals surface area contributed by atoms with Crippen molar-refractivity contribution in [2.45, 2.75) is 38.2 Å². The van der Waals surface area contributed by atoms with E-state index in [0.29, 0.717) is 23.6 Å². The van der Waals surface area contributed by atoms with Crippen LogP contribution in [0.3, 0.4) is 0 Å². The highest BCUT2D eigenvalue weighted by Gasteiger charge is 2.45. The fourth-order valence-electron chi connectivity index (χ4n) is 4.79. The van der Waals surface area contributed by atoms with Crippen LogP contribution in [0.1, 0.15) is 38.3 Å². The second-order valence-electron chi connectivity index (χ2n) is 9.70. The van der Waals surface area contributed by atoms with Crippen LogP contribution in [0.25, 0.3) is 11.5 Å². The van der Waals surface area contributed by atoms with Crippen molar-refractivity contribution in [3.05, 3.63) is 35.0 Å². The van der Waals surface area contributed by atoms with Crippen molar-refractivity contribution in [1.82, 2.24) is 24.2 Å². The van der Waals surface area contributed by atoms with Gasteiger partial charge in [-0.15, -0.1) is 0 Å². The highest BCUT2D eigenvalue weighted by Crippen LogP contribution is 2.37. The Bertz CT molecular complexity index is 1260. The summed E-state index contributed by atoms with van der Waals surface area (Å²) in [5.74, 6) is -0.794. The van der Waals surface area contributed by atoms with Crippen molar-refractivity contribution in [3.63, 3.8) is 0 Å². The number of methoxy groups -OCH3 is 1. The van der Waals surface area contributed by atoms with Crippen molar-refractivity contribution in [2.75, 3.05) is 39.0 Å². The summed E-state index contributed by atoms with van der Waals surface area (Å²) in [6.45, 7) is 4.54. The molecule has 0 bridgehead atoms. The third-order valence-electron chi connectivity index (χ3n) is 6.76. The molecule has 202 valence electrons. The van der Waals surface area contributed by atoms with Crippen molar-refractivity contribution in [1.29, 1.82) is 0 Å². The van der Waals surface area contributed by atoms with Crippen molar-refractivity contribution < 1.29 is 31.9 Å². The minimum absolute atomic E-state index is 0.0594. The average Bonchev–Trinajstić information content (AvgIpc) is 3.22. The van der Waals surface area contributed by atoms with Crippen LogP contribution in [0.15, 0.2) is 18.3 Å². The van der Waals surface area contributed by atoms with Crippen LogP contribution in [-0.4, -0.2) is 89.3 Å². The number of nitrogens with zero attached hydrogens (tertiary/aromatic N) is 4. The van der Waals surface area contributed by atoms with E-state index in [0.717, 1.165) is 6.20 Å². The normalized spacial score (nSPS) is 21.8. The SMILES string of the molecule is COC(=O)OC1(C)CN(C(=O)CCS(=O)(=O)N2CC[C@@H](c3[nH]c(-c4ccc(F)cn4)nc3Cl)[C@@H](C)C2)C1. The lowest BCUT2D eigenvalue weighted by molar-refractivity contribution is -0.155. The van der Waals surface area contributed by atoms with E-state index < -0.39 is 27.6 Å². The number of amides is 1. The van der Waals surface area contributed by atoms with Gasteiger partial charge >= 0.3 is 6.16 Å². The Kier molecular flexibility index (Phi) is 7.77. The highest BCUT2D eigenvalue weighted by molar-refractivity contribution is 7.89. The molecule has 37 heavy (non-hydrogen) atoms. The van der Waals surface area contributed by atoms with Crippen LogP contribution >= 0.6 is 11.6 Å². The Balaban J connectivity index is 1.31. The van der Waals surface area contributed by atoms with Crippen LogP contribution in [0.2, 0.25) is 5.15 Å². The summed E-state index contributed by atoms with van der Waals surface area (Å²) < 4.78 is 50.2. The minimum atomic E-state index is -3.66. The molecule has 11 nitrogen and oxygen atoms in total. The number of aromatic amines is 1. The summed E-state index contributed by atoms with van der Waals surface area (Å²) in [6, 6.07) is 2.78. The van der Waals surface area contributed by atoms with Gasteiger partial charge in [0.2, 0.25) is 15.9 Å². The Morgan fingerprint density at radius 1 is 1.32 bits per heavy atom. The summed E-state index contributed by atoms with van der Waals surface area (Å²) >= 11 is 6.39. The summed E-state index contributed by atoms with van der Waals surface area (Å²) in [7, 11) is -2.46. The molecular weight excluding hydrogens is 529 g/mol. The third kappa shape index (κ3) is 6.04. The molecular formula is C23H29ClFN5O6S. The molecule has 0 spiro atoms. The third-order valence-corrected chi connectivity index (χ3v) is 8.89. The Hall–Kier alpha value is -2.77. The van der Waals surface area contributed by atoms with Crippen molar-refractivity contribution in [2.24, 2.45) is 5.92 Å². The number of hydrogen-bond donors (Lipinski definition) is 1. The number of imidazole rings is 1. The van der Waals surface area contributed by atoms with Gasteiger partial charge in [0, 0.05) is 25.4 Å². The number of halogens is 2. The maximum Gasteiger partial charge on any atom is 0.508 e. The summed E-state index contributed by atoms with van der Waals surface area (Å²) in [6.07, 6.45) is 0.626. The Labute approximate surface area is 219 Å². The smallest absolute Gasteiger partial charge is 0.438 e. The molecule has 0 saturated carbocycles. The van der Waals surface area contributed by atoms with Gasteiger partial charge in [-0.1, -0.05) is 18.5 Å². The second kappa shape index (κ2) is 10.5. The first-order chi connectivity index (χ1) is 17.4. The number of rotatable bonds is 7. The fraction of sp³-hybridized carbons (Fsp3) is 0.565. The molecule has 0 radical (unpaired) electrons. The van der Waals surface area contributed by atoms with Gasteiger partial charge in [0.25, 0.3) is 0 Å². The van der Waals surface area contributed by atoms with Crippen molar-refractivity contribution >= 4 is 33.7 Å². The van der Waals surface area contributed by atoms with Crippen LogP contribution in [0.5, 0.6) is 0 Å². The summed E-state index contributed by atoms with van der Waals surface area (Å²) in [5, 5.41) is 0.276. The number of aromatic nitrogens is 3. The molecule has 0 unspecified atom stereocenters. The molecule has 14 heteroatoms. The first-order valence-electron chi connectivity index (χ1n) is 11.8. The lowest BCUT2D eigenvalue weighted by Gasteiger charge is -2.46. The molecule has 2 fully saturated rings. The van der Waals surface area contributed by atoms with Gasteiger partial charge in [-0.2, -0.15) is 0 Å². The lowest BCUT2D eigenvalue weighted by Crippen LogP contribution is -2.63. The first kappa shape index (κ1) is 27.3. The topological polar surface area (TPSA) is 135 Å². The standard InChI is InChI=1S/C23H29ClFN5O6S/c1-14-11-30(37(33,34)9-7-18(31)29-12-23(2,13-29)36-22(32)35-3)8-6-16(14)19-20(24)28-21(27-19)17-5-4-15(25)10-26-17/h4-5,10,14,16H,6-9,11-13H2,1-3H3,(H,27,28)/t14-,16+/m0/s1. The molecule has 2 atom stereocenters. The number of piperidine rings is 1. The molecule has 2 aliphatic heterocycles. The summed E-state index contributed by atoms with van der Waals surface area (Å²) in [4.78, 5) is 36.8. The molecule has 2 aromatic heterocycles. The van der Waals surface area contributed by atoms with Crippen molar-refractivity contribution in [3.8, 4) is 11.5 Å². The Morgan fingerprint density at radius 2 is 2.05 bits per heavy atom. The van der Waals surface area contributed by atoms with E-state index in [1.807, 2.05) is 6.92 Å². The van der Waals surface area contributed by atoms with Gasteiger partial charge < -0.3 is 19.4 Å². The molecule has 0 aromatic carbocycles. The van der Waals surface area contributed by atoms with E-state index in [9.17, 15) is 22.4 Å². The van der Waals surface area contributed by atoms with E-state index in [4.69, 9.17) is 16.3 Å². The van der Waals surface area contributed by atoms with Gasteiger partial charge in [0.15, 0.2) is 11.0 Å². The molecule has 2 aromatic rings. The van der Waals surface area contributed by atoms with Crippen LogP contribution in [0, 0.1) is 11.7 Å². The van der Waals surface area contributed by atoms with E-state index >= 15 is 0 Å². The maximum absolute atomic E-state index is 13.2. The van der Waals surface area contributed by atoms with Gasteiger partial charge in [-0.25, -0.2) is 31.9 Å². The zero-order chi connectivity index (χ0) is 27.0. The number of nitrogens with one attached hydrogen (secondary N) is 1. The van der Waals surface area contributed by atoms with Crippen LogP contribution in [-0.2, 0) is 24.3 Å². The number of carbonyl (C=O) groups is 2. The number of ether oxygens (including phenoxy) is 2. The monoisotopic (exact) mass is 557 g/mol.